The predicted molar refractivity (Wildman–Crippen MR) is 220 cm³/mol. The van der Waals surface area contributed by atoms with Crippen LogP contribution in [0.15, 0.2) is 46.9 Å². The molecule has 4 atom stereocenters. The van der Waals surface area contributed by atoms with Crippen molar-refractivity contribution >= 4 is 52.0 Å². The average molecular weight is 791 g/mol. The Bertz CT molecular complexity index is 1990. The number of thiazole rings is 1. The smallest absolute Gasteiger partial charge is 0.408 e. The van der Waals surface area contributed by atoms with E-state index >= 15 is 0 Å². The van der Waals surface area contributed by atoms with Gasteiger partial charge in [-0.1, -0.05) is 32.6 Å². The molecule has 2 aliphatic heterocycles. The molecule has 0 unspecified atom stereocenters. The van der Waals surface area contributed by atoms with Gasteiger partial charge in [-0.3, -0.25) is 19.6 Å². The summed E-state index contributed by atoms with van der Waals surface area (Å²) in [4.78, 5) is 51.3. The summed E-state index contributed by atoms with van der Waals surface area (Å²) < 4.78 is 26.0. The maximum absolute atomic E-state index is 14.4. The molecule has 1 aromatic carbocycles. The van der Waals surface area contributed by atoms with Crippen molar-refractivity contribution in [3.05, 3.63) is 58.2 Å². The number of cyclic esters (lactones) is 1. The summed E-state index contributed by atoms with van der Waals surface area (Å²) in [5.74, 6) is -0.942. The highest BCUT2D eigenvalue weighted by Gasteiger charge is 2.41. The fourth-order valence-corrected chi connectivity index (χ4v) is 8.20. The van der Waals surface area contributed by atoms with Gasteiger partial charge in [-0.2, -0.15) is 0 Å². The zero-order valence-electron chi connectivity index (χ0n) is 34.5. The van der Waals surface area contributed by atoms with Crippen LogP contribution < -0.4 is 10.7 Å². The number of carbonyl (C=O) groups excluding carboxylic acids is 3. The largest absolute Gasteiger partial charge is 0.464 e. The fraction of sp³-hybridized carbons (Fsp3) is 0.548. The number of benzene rings is 1. The van der Waals surface area contributed by atoms with Crippen molar-refractivity contribution in [2.24, 2.45) is 10.4 Å². The number of nitrogens with one attached hydrogen (secondary N) is 2. The molecule has 2 aromatic heterocycles. The van der Waals surface area contributed by atoms with Crippen LogP contribution in [-0.4, -0.2) is 89.4 Å². The van der Waals surface area contributed by atoms with Crippen LogP contribution >= 0.6 is 11.3 Å². The number of hydrogen-bond donors (Lipinski definition) is 2. The number of rotatable bonds is 9. The fourth-order valence-electron chi connectivity index (χ4n) is 7.29. The van der Waals surface area contributed by atoms with Gasteiger partial charge in [0.15, 0.2) is 0 Å². The lowest BCUT2D eigenvalue weighted by Crippen LogP contribution is -2.61. The zero-order chi connectivity index (χ0) is 40.9. The number of fused-ring (bicyclic) bond motifs is 6. The van der Waals surface area contributed by atoms with E-state index < -0.39 is 47.2 Å². The molecular weight excluding hydrogens is 733 g/mol. The van der Waals surface area contributed by atoms with Crippen molar-refractivity contribution in [1.29, 1.82) is 0 Å². The molecule has 13 nitrogen and oxygen atoms in total. The lowest BCUT2D eigenvalue weighted by molar-refractivity contribution is -0.156. The van der Waals surface area contributed by atoms with E-state index in [2.05, 4.69) is 54.8 Å². The SMILES string of the molecule is C=C/C(=C(\N=C/C)[C@H](C)OC)c1c2c3cc(ccc3n1CC)-c1csc(n1)[C@@H](OCC)[C@H](NC(=O)OC(C)(C)C)C(=O)N1CCC[C@H](N1)C(=O)OCC(C)(C)C2. The molecule has 2 aliphatic rings. The van der Waals surface area contributed by atoms with Crippen LogP contribution in [0, 0.1) is 5.41 Å². The Morgan fingerprint density at radius 2 is 2.02 bits per heavy atom. The van der Waals surface area contributed by atoms with Crippen LogP contribution in [0.2, 0.25) is 0 Å². The van der Waals surface area contributed by atoms with Crippen LogP contribution in [0.1, 0.15) is 97.5 Å². The van der Waals surface area contributed by atoms with Crippen molar-refractivity contribution in [3.8, 4) is 11.3 Å². The summed E-state index contributed by atoms with van der Waals surface area (Å²) in [5, 5.41) is 7.63. The van der Waals surface area contributed by atoms with Gasteiger partial charge < -0.3 is 28.8 Å². The highest BCUT2D eigenvalue weighted by Crippen LogP contribution is 2.41. The number of esters is 1. The summed E-state index contributed by atoms with van der Waals surface area (Å²) in [7, 11) is 1.67. The van der Waals surface area contributed by atoms with Crippen LogP contribution in [-0.2, 0) is 41.5 Å². The van der Waals surface area contributed by atoms with Gasteiger partial charge >= 0.3 is 12.1 Å². The number of methoxy groups -OCH3 is 1. The first-order valence-corrected chi connectivity index (χ1v) is 20.3. The van der Waals surface area contributed by atoms with Crippen molar-refractivity contribution in [1.82, 2.24) is 25.3 Å². The number of hydrogen-bond acceptors (Lipinski definition) is 11. The Morgan fingerprint density at radius 3 is 2.66 bits per heavy atom. The monoisotopic (exact) mass is 790 g/mol. The molecule has 1 fully saturated rings. The maximum Gasteiger partial charge on any atom is 0.408 e. The standard InChI is InChI=1S/C42H58N6O7S/c1-12-27(33(43-13-2)25(5)52-11)35-29-22-42(9,10)24-54-39(50)30-17-16-20-48(46-30)38(49)34(45-40(51)55-41(6,7)8)36(53-15-4)37-44-31(23-56-37)26-18-19-32(28(29)21-26)47(35)14-3/h12-13,18-19,21,23,25,30,34,36,46H,1,14-17,20,22,24H2,2-11H3,(H,45,51)/b33-27+,43-13-/t25-,30-,34-,36-/m0/s1. The number of amides is 2. The number of aliphatic imine (C=N–C) groups is 1. The molecule has 56 heavy (non-hydrogen) atoms. The number of nitrogens with zero attached hydrogens (tertiary/aromatic N) is 4. The number of alkyl carbamates (subject to hydrolysis) is 1. The van der Waals surface area contributed by atoms with Gasteiger partial charge in [0.1, 0.15) is 28.8 Å². The number of allylic oxidation sites excluding steroid dienone is 2. The first-order valence-electron chi connectivity index (χ1n) is 19.4. The van der Waals surface area contributed by atoms with Gasteiger partial charge in [0, 0.05) is 65.9 Å². The third-order valence-electron chi connectivity index (χ3n) is 9.87. The van der Waals surface area contributed by atoms with Gasteiger partial charge in [0.2, 0.25) is 0 Å². The topological polar surface area (TPSA) is 146 Å². The molecule has 0 aliphatic carbocycles. The molecule has 0 spiro atoms. The first kappa shape index (κ1) is 42.8. The lowest BCUT2D eigenvalue weighted by Gasteiger charge is -2.37. The number of ether oxygens (including phenoxy) is 4. The van der Waals surface area contributed by atoms with E-state index in [1.54, 1.807) is 34.1 Å². The van der Waals surface area contributed by atoms with E-state index in [0.29, 0.717) is 43.1 Å². The molecule has 14 heteroatoms. The van der Waals surface area contributed by atoms with Crippen molar-refractivity contribution in [2.75, 3.05) is 26.9 Å². The molecule has 0 radical (unpaired) electrons. The summed E-state index contributed by atoms with van der Waals surface area (Å²) >= 11 is 1.35. The van der Waals surface area contributed by atoms with E-state index in [1.165, 1.54) is 16.3 Å². The van der Waals surface area contributed by atoms with Gasteiger partial charge in [-0.15, -0.1) is 11.3 Å². The second-order valence-corrected chi connectivity index (χ2v) is 16.8. The van der Waals surface area contributed by atoms with E-state index in [1.807, 2.05) is 38.3 Å². The van der Waals surface area contributed by atoms with Crippen LogP contribution in [0.3, 0.4) is 0 Å². The minimum Gasteiger partial charge on any atom is -0.464 e. The molecule has 2 N–H and O–H groups in total. The molecule has 2 amide bonds. The molecule has 5 rings (SSSR count). The third kappa shape index (κ3) is 9.42. The Hall–Kier alpha value is -4.37. The third-order valence-corrected chi connectivity index (χ3v) is 10.8. The molecule has 6 bridgehead atoms. The molecular formula is C42H58N6O7S. The summed E-state index contributed by atoms with van der Waals surface area (Å²) in [6.07, 6.45) is 3.14. The Morgan fingerprint density at radius 1 is 1.27 bits per heavy atom. The molecule has 0 saturated carbocycles. The Labute approximate surface area is 334 Å². The average Bonchev–Trinajstić information content (AvgIpc) is 3.76. The number of aryl methyl sites for hydroxylation is 1. The number of aromatic nitrogens is 2. The molecule has 1 saturated heterocycles. The second-order valence-electron chi connectivity index (χ2n) is 15.9. The van der Waals surface area contributed by atoms with Gasteiger partial charge in [-0.05, 0) is 85.4 Å². The van der Waals surface area contributed by atoms with Gasteiger partial charge in [-0.25, -0.2) is 15.2 Å². The molecule has 4 heterocycles. The second kappa shape index (κ2) is 17.8. The van der Waals surface area contributed by atoms with E-state index in [0.717, 1.165) is 39.0 Å². The maximum atomic E-state index is 14.4. The van der Waals surface area contributed by atoms with Crippen LogP contribution in [0.25, 0.3) is 27.7 Å². The zero-order valence-corrected chi connectivity index (χ0v) is 35.3. The molecule has 3 aromatic rings. The first-order chi connectivity index (χ1) is 26.6. The van der Waals surface area contributed by atoms with E-state index in [4.69, 9.17) is 28.9 Å². The van der Waals surface area contributed by atoms with Gasteiger partial charge in [0.05, 0.1) is 29.8 Å². The van der Waals surface area contributed by atoms with Crippen molar-refractivity contribution in [3.63, 3.8) is 0 Å². The Balaban J connectivity index is 1.76. The summed E-state index contributed by atoms with van der Waals surface area (Å²) in [5.41, 5.74) is 8.01. The van der Waals surface area contributed by atoms with Crippen molar-refractivity contribution in [2.45, 2.75) is 118 Å². The van der Waals surface area contributed by atoms with Crippen molar-refractivity contribution < 1.29 is 33.3 Å². The minimum absolute atomic E-state index is 0.127. The molecule has 304 valence electrons. The Kier molecular flexibility index (Phi) is 13.6. The van der Waals surface area contributed by atoms with Crippen LogP contribution in [0.5, 0.6) is 0 Å². The van der Waals surface area contributed by atoms with Gasteiger partial charge in [0.25, 0.3) is 5.91 Å². The number of carbonyl (C=O) groups is 3. The predicted octanol–water partition coefficient (Wildman–Crippen LogP) is 7.40. The van der Waals surface area contributed by atoms with E-state index in [-0.39, 0.29) is 19.3 Å². The normalized spacial score (nSPS) is 21.7. The van der Waals surface area contributed by atoms with Crippen LogP contribution in [0.4, 0.5) is 4.79 Å². The van der Waals surface area contributed by atoms with E-state index in [9.17, 15) is 14.4 Å². The highest BCUT2D eigenvalue weighted by atomic mass is 32.1. The number of hydrazine groups is 1. The minimum atomic E-state index is -1.22. The summed E-state index contributed by atoms with van der Waals surface area (Å²) in [6.45, 7) is 22.8. The highest BCUT2D eigenvalue weighted by molar-refractivity contribution is 7.10. The quantitative estimate of drug-likeness (QED) is 0.129. The summed E-state index contributed by atoms with van der Waals surface area (Å²) in [6, 6.07) is 4.29. The lowest BCUT2D eigenvalue weighted by atomic mass is 9.84.